The fourth-order valence-electron chi connectivity index (χ4n) is 1.95. The number of thiazole rings is 1. The van der Waals surface area contributed by atoms with Crippen LogP contribution in [0.15, 0.2) is 5.38 Å². The van der Waals surface area contributed by atoms with Crippen molar-refractivity contribution in [1.29, 1.82) is 0 Å². The molecule has 2 rings (SSSR count). The van der Waals surface area contributed by atoms with Crippen LogP contribution in [-0.4, -0.2) is 52.2 Å². The molecule has 18 heavy (non-hydrogen) atoms. The lowest BCUT2D eigenvalue weighted by Gasteiger charge is -2.34. The predicted molar refractivity (Wildman–Crippen MR) is 65.0 cm³/mol. The number of hydrogen-bond acceptors (Lipinski definition) is 5. The van der Waals surface area contributed by atoms with Gasteiger partial charge in [0.2, 0.25) is 0 Å². The average Bonchev–Trinajstić information content (AvgIpc) is 2.75. The standard InChI is InChI=1S/C11H14N2O4S/c1-6-3-13(4-7(2)17-6)10(14)9-12-8(5-18-9)11(15)16/h5-7H,3-4H2,1-2H3,(H,15,16)/t6-,7+. The van der Waals surface area contributed by atoms with Gasteiger partial charge in [0.15, 0.2) is 10.7 Å². The molecular formula is C11H14N2O4S. The fraction of sp³-hybridized carbons (Fsp3) is 0.545. The average molecular weight is 270 g/mol. The Morgan fingerprint density at radius 3 is 2.56 bits per heavy atom. The maximum Gasteiger partial charge on any atom is 0.355 e. The van der Waals surface area contributed by atoms with Crippen LogP contribution in [0.4, 0.5) is 0 Å². The highest BCUT2D eigenvalue weighted by atomic mass is 32.1. The molecule has 7 heteroatoms. The van der Waals surface area contributed by atoms with E-state index in [0.717, 1.165) is 11.3 Å². The van der Waals surface area contributed by atoms with Gasteiger partial charge < -0.3 is 14.7 Å². The van der Waals surface area contributed by atoms with E-state index in [1.54, 1.807) is 4.90 Å². The van der Waals surface area contributed by atoms with E-state index in [2.05, 4.69) is 4.98 Å². The Kier molecular flexibility index (Phi) is 3.63. The topological polar surface area (TPSA) is 79.7 Å². The summed E-state index contributed by atoms with van der Waals surface area (Å²) >= 11 is 1.06. The highest BCUT2D eigenvalue weighted by Crippen LogP contribution is 2.17. The Morgan fingerprint density at radius 1 is 1.44 bits per heavy atom. The summed E-state index contributed by atoms with van der Waals surface area (Å²) in [5, 5.41) is 10.4. The van der Waals surface area contributed by atoms with Crippen molar-refractivity contribution in [2.75, 3.05) is 13.1 Å². The largest absolute Gasteiger partial charge is 0.476 e. The van der Waals surface area contributed by atoms with Gasteiger partial charge in [-0.2, -0.15) is 0 Å². The van der Waals surface area contributed by atoms with Gasteiger partial charge in [-0.3, -0.25) is 4.79 Å². The molecule has 1 aliphatic rings. The first-order valence-corrected chi connectivity index (χ1v) is 6.49. The number of rotatable bonds is 2. The van der Waals surface area contributed by atoms with Gasteiger partial charge in [-0.05, 0) is 13.8 Å². The molecule has 0 unspecified atom stereocenters. The minimum absolute atomic E-state index is 0.0170. The lowest BCUT2D eigenvalue weighted by molar-refractivity contribution is -0.0586. The van der Waals surface area contributed by atoms with Gasteiger partial charge in [0.25, 0.3) is 5.91 Å². The number of carboxylic acids is 1. The maximum absolute atomic E-state index is 12.2. The molecule has 98 valence electrons. The first kappa shape index (κ1) is 13.0. The van der Waals surface area contributed by atoms with Gasteiger partial charge in [0.1, 0.15) is 0 Å². The van der Waals surface area contributed by atoms with E-state index in [1.165, 1.54) is 5.38 Å². The Bertz CT molecular complexity index is 463. The predicted octanol–water partition coefficient (Wildman–Crippen LogP) is 1.09. The molecule has 6 nitrogen and oxygen atoms in total. The minimum atomic E-state index is -1.12. The quantitative estimate of drug-likeness (QED) is 0.870. The third-order valence-electron chi connectivity index (χ3n) is 2.61. The van der Waals surface area contributed by atoms with Crippen molar-refractivity contribution in [2.45, 2.75) is 26.1 Å². The number of ether oxygens (including phenoxy) is 1. The van der Waals surface area contributed by atoms with Gasteiger partial charge in [0, 0.05) is 18.5 Å². The zero-order chi connectivity index (χ0) is 13.3. The number of carbonyl (C=O) groups is 2. The van der Waals surface area contributed by atoms with Crippen LogP contribution in [-0.2, 0) is 4.74 Å². The second-order valence-corrected chi connectivity index (χ2v) is 5.17. The number of morpholine rings is 1. The van der Waals surface area contributed by atoms with Crippen LogP contribution in [0.1, 0.15) is 34.1 Å². The molecule has 0 spiro atoms. The molecule has 1 fully saturated rings. The summed E-state index contributed by atoms with van der Waals surface area (Å²) in [5.41, 5.74) is -0.0855. The van der Waals surface area contributed by atoms with E-state index in [4.69, 9.17) is 9.84 Å². The monoisotopic (exact) mass is 270 g/mol. The Morgan fingerprint density at radius 2 is 2.06 bits per heavy atom. The highest BCUT2D eigenvalue weighted by molar-refractivity contribution is 7.11. The van der Waals surface area contributed by atoms with E-state index in [-0.39, 0.29) is 28.8 Å². The maximum atomic E-state index is 12.2. The third-order valence-corrected chi connectivity index (χ3v) is 3.44. The zero-order valence-electron chi connectivity index (χ0n) is 10.1. The van der Waals surface area contributed by atoms with E-state index in [1.807, 2.05) is 13.8 Å². The van der Waals surface area contributed by atoms with Crippen LogP contribution in [0.5, 0.6) is 0 Å². The molecule has 0 aromatic carbocycles. The molecule has 1 saturated heterocycles. The lowest BCUT2D eigenvalue weighted by atomic mass is 10.2. The summed E-state index contributed by atoms with van der Waals surface area (Å²) in [7, 11) is 0. The van der Waals surface area contributed by atoms with Crippen LogP contribution >= 0.6 is 11.3 Å². The Labute approximate surface area is 108 Å². The molecule has 2 heterocycles. The van der Waals surface area contributed by atoms with Crippen LogP contribution in [0.25, 0.3) is 0 Å². The molecule has 1 aromatic rings. The number of hydrogen-bond donors (Lipinski definition) is 1. The van der Waals surface area contributed by atoms with Crippen molar-refractivity contribution in [3.05, 3.63) is 16.1 Å². The second-order valence-electron chi connectivity index (χ2n) is 4.31. The first-order valence-electron chi connectivity index (χ1n) is 5.61. The summed E-state index contributed by atoms with van der Waals surface area (Å²) in [6.45, 7) is 4.82. The molecule has 0 radical (unpaired) electrons. The van der Waals surface area contributed by atoms with Gasteiger partial charge in [-0.15, -0.1) is 11.3 Å². The Balaban J connectivity index is 2.12. The number of amides is 1. The SMILES string of the molecule is C[C@@H]1CN(C(=O)c2nc(C(=O)O)cs2)C[C@H](C)O1. The second kappa shape index (κ2) is 5.03. The normalized spacial score (nSPS) is 24.0. The van der Waals surface area contributed by atoms with E-state index >= 15 is 0 Å². The number of nitrogens with zero attached hydrogens (tertiary/aromatic N) is 2. The first-order chi connectivity index (χ1) is 8.47. The molecule has 2 atom stereocenters. The number of aromatic nitrogens is 1. The van der Waals surface area contributed by atoms with Gasteiger partial charge in [-0.25, -0.2) is 9.78 Å². The third kappa shape index (κ3) is 2.68. The summed E-state index contributed by atoms with van der Waals surface area (Å²) in [4.78, 5) is 28.3. The van der Waals surface area contributed by atoms with Crippen LogP contribution in [0, 0.1) is 0 Å². The van der Waals surface area contributed by atoms with E-state index in [0.29, 0.717) is 13.1 Å². The Hall–Kier alpha value is -1.47. The molecule has 1 N–H and O–H groups in total. The lowest BCUT2D eigenvalue weighted by Crippen LogP contribution is -2.48. The smallest absolute Gasteiger partial charge is 0.355 e. The molecule has 0 bridgehead atoms. The molecule has 0 saturated carbocycles. The van der Waals surface area contributed by atoms with Crippen molar-refractivity contribution in [2.24, 2.45) is 0 Å². The summed E-state index contributed by atoms with van der Waals surface area (Å²) in [6.07, 6.45) is -0.0341. The van der Waals surface area contributed by atoms with Gasteiger partial charge in [0.05, 0.1) is 12.2 Å². The minimum Gasteiger partial charge on any atom is -0.476 e. The van der Waals surface area contributed by atoms with Gasteiger partial charge in [-0.1, -0.05) is 0 Å². The zero-order valence-corrected chi connectivity index (χ0v) is 10.9. The van der Waals surface area contributed by atoms with E-state index < -0.39 is 5.97 Å². The van der Waals surface area contributed by atoms with Crippen molar-refractivity contribution < 1.29 is 19.4 Å². The molecule has 1 amide bonds. The molecule has 1 aliphatic heterocycles. The number of carbonyl (C=O) groups excluding carboxylic acids is 1. The molecular weight excluding hydrogens is 256 g/mol. The summed E-state index contributed by atoms with van der Waals surface area (Å²) in [5.74, 6) is -1.34. The summed E-state index contributed by atoms with van der Waals surface area (Å²) in [6, 6.07) is 0. The number of aromatic carboxylic acids is 1. The molecule has 1 aromatic heterocycles. The van der Waals surface area contributed by atoms with Crippen LogP contribution in [0.2, 0.25) is 0 Å². The van der Waals surface area contributed by atoms with Crippen molar-refractivity contribution in [3.8, 4) is 0 Å². The summed E-state index contributed by atoms with van der Waals surface area (Å²) < 4.78 is 5.54. The molecule has 0 aliphatic carbocycles. The van der Waals surface area contributed by atoms with Gasteiger partial charge >= 0.3 is 5.97 Å². The fourth-order valence-corrected chi connectivity index (χ4v) is 2.71. The van der Waals surface area contributed by atoms with Crippen molar-refractivity contribution in [3.63, 3.8) is 0 Å². The van der Waals surface area contributed by atoms with E-state index in [9.17, 15) is 9.59 Å². The van der Waals surface area contributed by atoms with Crippen molar-refractivity contribution >= 4 is 23.2 Å². The highest BCUT2D eigenvalue weighted by Gasteiger charge is 2.28. The number of carboxylic acid groups (broad SMARTS) is 1. The van der Waals surface area contributed by atoms with Crippen LogP contribution in [0.3, 0.4) is 0 Å². The van der Waals surface area contributed by atoms with Crippen molar-refractivity contribution in [1.82, 2.24) is 9.88 Å². The van der Waals surface area contributed by atoms with Crippen LogP contribution < -0.4 is 0 Å².